The molecule has 2 aliphatic heterocycles. The molecule has 0 bridgehead atoms. The van der Waals surface area contributed by atoms with Crippen molar-refractivity contribution in [1.29, 1.82) is 5.26 Å². The van der Waals surface area contributed by atoms with Gasteiger partial charge in [-0.25, -0.2) is 0 Å². The van der Waals surface area contributed by atoms with E-state index in [9.17, 15) is 4.79 Å². The highest BCUT2D eigenvalue weighted by atomic mass is 35.5. The number of ether oxygens (including phenoxy) is 1. The Balaban J connectivity index is 1.79. The van der Waals surface area contributed by atoms with Gasteiger partial charge in [-0.3, -0.25) is 4.79 Å². The summed E-state index contributed by atoms with van der Waals surface area (Å²) in [6, 6.07) is 7.29. The van der Waals surface area contributed by atoms with E-state index in [1.807, 2.05) is 11.0 Å². The lowest BCUT2D eigenvalue weighted by atomic mass is 10.1. The molecule has 5 nitrogen and oxygen atoms in total. The standard InChI is InChI=1S/C16H18ClN3O2/c17-14-10-13(4-3-12(14)11-18)20-5-1-2-15(20)16(21)19-6-8-22-9-7-19/h3-4,10,15H,1-2,5-9H2/t15-/m0/s1. The maximum absolute atomic E-state index is 12.7. The second-order valence-electron chi connectivity index (χ2n) is 5.57. The number of benzene rings is 1. The van der Waals surface area contributed by atoms with Crippen LogP contribution in [0.2, 0.25) is 5.02 Å². The summed E-state index contributed by atoms with van der Waals surface area (Å²) in [4.78, 5) is 16.7. The van der Waals surface area contributed by atoms with E-state index in [1.54, 1.807) is 12.1 Å². The van der Waals surface area contributed by atoms with Crippen molar-refractivity contribution in [3.63, 3.8) is 0 Å². The molecule has 6 heteroatoms. The normalized spacial score (nSPS) is 21.7. The number of carbonyl (C=O) groups is 1. The fourth-order valence-electron chi connectivity index (χ4n) is 3.10. The van der Waals surface area contributed by atoms with Crippen molar-refractivity contribution in [3.8, 4) is 6.07 Å². The molecule has 1 aromatic rings. The highest BCUT2D eigenvalue weighted by Gasteiger charge is 2.34. The maximum atomic E-state index is 12.7. The molecule has 0 N–H and O–H groups in total. The van der Waals surface area contributed by atoms with Crippen molar-refractivity contribution in [2.24, 2.45) is 0 Å². The van der Waals surface area contributed by atoms with Gasteiger partial charge in [-0.15, -0.1) is 0 Å². The molecule has 2 saturated heterocycles. The summed E-state index contributed by atoms with van der Waals surface area (Å²) in [5.41, 5.74) is 1.37. The molecule has 1 amide bonds. The highest BCUT2D eigenvalue weighted by Crippen LogP contribution is 2.30. The Morgan fingerprint density at radius 3 is 2.77 bits per heavy atom. The lowest BCUT2D eigenvalue weighted by Gasteiger charge is -2.33. The van der Waals surface area contributed by atoms with Crippen LogP contribution in [0.25, 0.3) is 0 Å². The number of nitriles is 1. The van der Waals surface area contributed by atoms with E-state index in [2.05, 4.69) is 11.0 Å². The number of amides is 1. The van der Waals surface area contributed by atoms with Gasteiger partial charge in [-0.2, -0.15) is 5.26 Å². The molecule has 0 radical (unpaired) electrons. The molecule has 0 saturated carbocycles. The number of hydrogen-bond acceptors (Lipinski definition) is 4. The van der Waals surface area contributed by atoms with Gasteiger partial charge in [0.25, 0.3) is 0 Å². The molecule has 1 atom stereocenters. The fourth-order valence-corrected chi connectivity index (χ4v) is 3.32. The zero-order chi connectivity index (χ0) is 15.5. The minimum Gasteiger partial charge on any atom is -0.378 e. The van der Waals surface area contributed by atoms with Crippen LogP contribution in [0.1, 0.15) is 18.4 Å². The van der Waals surface area contributed by atoms with Gasteiger partial charge in [0.2, 0.25) is 5.91 Å². The number of rotatable bonds is 2. The lowest BCUT2D eigenvalue weighted by molar-refractivity contribution is -0.136. The van der Waals surface area contributed by atoms with Crippen LogP contribution in [0.5, 0.6) is 0 Å². The van der Waals surface area contributed by atoms with Crippen LogP contribution in [0, 0.1) is 11.3 Å². The number of anilines is 1. The van der Waals surface area contributed by atoms with Crippen molar-refractivity contribution >= 4 is 23.2 Å². The summed E-state index contributed by atoms with van der Waals surface area (Å²) < 4.78 is 5.31. The first kappa shape index (κ1) is 15.1. The van der Waals surface area contributed by atoms with Gasteiger partial charge in [0, 0.05) is 25.3 Å². The molecule has 2 aliphatic rings. The van der Waals surface area contributed by atoms with Crippen molar-refractivity contribution in [2.45, 2.75) is 18.9 Å². The van der Waals surface area contributed by atoms with Gasteiger partial charge in [0.05, 0.1) is 23.8 Å². The first-order valence-corrected chi connectivity index (χ1v) is 7.91. The molecule has 0 aliphatic carbocycles. The van der Waals surface area contributed by atoms with Crippen molar-refractivity contribution < 1.29 is 9.53 Å². The summed E-state index contributed by atoms with van der Waals surface area (Å²) in [6.45, 7) is 3.39. The summed E-state index contributed by atoms with van der Waals surface area (Å²) in [5, 5.41) is 9.40. The number of nitrogens with zero attached hydrogens (tertiary/aromatic N) is 3. The SMILES string of the molecule is N#Cc1ccc(N2CCC[C@H]2C(=O)N2CCOCC2)cc1Cl. The first-order valence-electron chi connectivity index (χ1n) is 7.53. The molecular formula is C16H18ClN3O2. The van der Waals surface area contributed by atoms with Gasteiger partial charge in [-0.05, 0) is 31.0 Å². The Morgan fingerprint density at radius 2 is 2.09 bits per heavy atom. The smallest absolute Gasteiger partial charge is 0.245 e. The van der Waals surface area contributed by atoms with Crippen LogP contribution in [0.3, 0.4) is 0 Å². The van der Waals surface area contributed by atoms with Gasteiger partial charge >= 0.3 is 0 Å². The third kappa shape index (κ3) is 2.90. The van der Waals surface area contributed by atoms with Crippen LogP contribution in [0.4, 0.5) is 5.69 Å². The second-order valence-corrected chi connectivity index (χ2v) is 5.97. The molecule has 0 aromatic heterocycles. The molecule has 2 heterocycles. The molecule has 0 unspecified atom stereocenters. The van der Waals surface area contributed by atoms with E-state index in [1.165, 1.54) is 0 Å². The zero-order valence-corrected chi connectivity index (χ0v) is 13.1. The first-order chi connectivity index (χ1) is 10.7. The van der Waals surface area contributed by atoms with Crippen LogP contribution in [0.15, 0.2) is 18.2 Å². The molecule has 2 fully saturated rings. The molecule has 22 heavy (non-hydrogen) atoms. The van der Waals surface area contributed by atoms with Crippen molar-refractivity contribution in [2.75, 3.05) is 37.7 Å². The second kappa shape index (κ2) is 6.55. The lowest BCUT2D eigenvalue weighted by Crippen LogP contribution is -2.49. The third-order valence-electron chi connectivity index (χ3n) is 4.27. The largest absolute Gasteiger partial charge is 0.378 e. The van der Waals surface area contributed by atoms with Crippen molar-refractivity contribution in [3.05, 3.63) is 28.8 Å². The highest BCUT2D eigenvalue weighted by molar-refractivity contribution is 6.32. The van der Waals surface area contributed by atoms with Crippen LogP contribution in [-0.2, 0) is 9.53 Å². The Morgan fingerprint density at radius 1 is 1.32 bits per heavy atom. The molecule has 1 aromatic carbocycles. The van der Waals surface area contributed by atoms with Crippen LogP contribution >= 0.6 is 11.6 Å². The topological polar surface area (TPSA) is 56.6 Å². The van der Waals surface area contributed by atoms with E-state index in [4.69, 9.17) is 21.6 Å². The summed E-state index contributed by atoms with van der Waals surface area (Å²) in [7, 11) is 0. The predicted octanol–water partition coefficient (Wildman–Crippen LogP) is 2.04. The van der Waals surface area contributed by atoms with E-state index < -0.39 is 0 Å². The number of halogens is 1. The van der Waals surface area contributed by atoms with E-state index in [-0.39, 0.29) is 11.9 Å². The number of hydrogen-bond donors (Lipinski definition) is 0. The van der Waals surface area contributed by atoms with Crippen molar-refractivity contribution in [1.82, 2.24) is 4.90 Å². The quantitative estimate of drug-likeness (QED) is 0.837. The summed E-state index contributed by atoms with van der Waals surface area (Å²) in [6.07, 6.45) is 1.84. The summed E-state index contributed by atoms with van der Waals surface area (Å²) >= 11 is 6.12. The minimum atomic E-state index is -0.137. The van der Waals surface area contributed by atoms with Gasteiger partial charge in [-0.1, -0.05) is 11.6 Å². The summed E-state index contributed by atoms with van der Waals surface area (Å²) in [5.74, 6) is 0.168. The van der Waals surface area contributed by atoms with Gasteiger partial charge < -0.3 is 14.5 Å². The fraction of sp³-hybridized carbons (Fsp3) is 0.500. The minimum absolute atomic E-state index is 0.137. The molecular weight excluding hydrogens is 302 g/mol. The Bertz CT molecular complexity index is 608. The average Bonchev–Trinajstić information content (AvgIpc) is 3.04. The maximum Gasteiger partial charge on any atom is 0.245 e. The Labute approximate surface area is 135 Å². The van der Waals surface area contributed by atoms with Gasteiger partial charge in [0.1, 0.15) is 12.1 Å². The number of morpholine rings is 1. The third-order valence-corrected chi connectivity index (χ3v) is 4.58. The monoisotopic (exact) mass is 319 g/mol. The van der Waals surface area contributed by atoms with Crippen LogP contribution < -0.4 is 4.90 Å². The number of carbonyl (C=O) groups excluding carboxylic acids is 1. The van der Waals surface area contributed by atoms with E-state index in [0.717, 1.165) is 25.1 Å². The van der Waals surface area contributed by atoms with E-state index >= 15 is 0 Å². The molecule has 3 rings (SSSR count). The average molecular weight is 320 g/mol. The Hall–Kier alpha value is -1.77. The Kier molecular flexibility index (Phi) is 4.51. The predicted molar refractivity (Wildman–Crippen MR) is 83.9 cm³/mol. The zero-order valence-electron chi connectivity index (χ0n) is 12.3. The molecule has 116 valence electrons. The van der Waals surface area contributed by atoms with Crippen LogP contribution in [-0.4, -0.2) is 49.7 Å². The van der Waals surface area contributed by atoms with E-state index in [0.29, 0.717) is 36.9 Å². The van der Waals surface area contributed by atoms with Gasteiger partial charge in [0.15, 0.2) is 0 Å². The molecule has 0 spiro atoms.